The van der Waals surface area contributed by atoms with Crippen LogP contribution in [0, 0.1) is 17.3 Å². The molecule has 0 aliphatic heterocycles. The van der Waals surface area contributed by atoms with Crippen LogP contribution in [0.2, 0.25) is 0 Å². The largest absolute Gasteiger partial charge is 0.481 e. The van der Waals surface area contributed by atoms with Gasteiger partial charge in [-0.1, -0.05) is 26.0 Å². The molecule has 5 heteroatoms. The fourth-order valence-corrected chi connectivity index (χ4v) is 3.03. The van der Waals surface area contributed by atoms with E-state index < -0.39 is 23.2 Å². The van der Waals surface area contributed by atoms with Crippen molar-refractivity contribution in [3.8, 4) is 0 Å². The molecule has 2 atom stereocenters. The third-order valence-electron chi connectivity index (χ3n) is 4.31. The summed E-state index contributed by atoms with van der Waals surface area (Å²) in [6.07, 6.45) is 3.39. The van der Waals surface area contributed by atoms with Crippen molar-refractivity contribution in [2.45, 2.75) is 13.8 Å². The molecule has 108 valence electrons. The van der Waals surface area contributed by atoms with E-state index in [1.807, 2.05) is 38.1 Å². The summed E-state index contributed by atoms with van der Waals surface area (Å²) < 4.78 is 0. The van der Waals surface area contributed by atoms with E-state index in [9.17, 15) is 9.59 Å². The average Bonchev–Trinajstić information content (AvgIpc) is 3.02. The van der Waals surface area contributed by atoms with Crippen molar-refractivity contribution in [1.82, 2.24) is 4.98 Å². The molecule has 2 aromatic rings. The number of pyridine rings is 1. The molecule has 1 saturated carbocycles. The van der Waals surface area contributed by atoms with Crippen molar-refractivity contribution in [3.63, 3.8) is 0 Å². The molecule has 1 aromatic carbocycles. The molecule has 1 aliphatic rings. The van der Waals surface area contributed by atoms with E-state index in [4.69, 9.17) is 5.11 Å². The van der Waals surface area contributed by atoms with Crippen molar-refractivity contribution in [2.24, 2.45) is 17.3 Å². The number of hydrogen-bond acceptors (Lipinski definition) is 3. The number of benzene rings is 1. The number of carbonyl (C=O) groups is 2. The lowest BCUT2D eigenvalue weighted by molar-refractivity contribution is -0.140. The maximum atomic E-state index is 12.4. The van der Waals surface area contributed by atoms with Crippen LogP contribution in [0.1, 0.15) is 13.8 Å². The predicted molar refractivity (Wildman–Crippen MR) is 78.8 cm³/mol. The van der Waals surface area contributed by atoms with Crippen LogP contribution in [0.25, 0.3) is 10.8 Å². The molecule has 0 bridgehead atoms. The Kier molecular flexibility index (Phi) is 2.93. The second kappa shape index (κ2) is 4.55. The van der Waals surface area contributed by atoms with Gasteiger partial charge in [-0.15, -0.1) is 0 Å². The highest BCUT2D eigenvalue weighted by atomic mass is 16.4. The van der Waals surface area contributed by atoms with Gasteiger partial charge in [-0.25, -0.2) is 0 Å². The number of aromatic nitrogens is 1. The van der Waals surface area contributed by atoms with Gasteiger partial charge in [-0.2, -0.15) is 0 Å². The molecule has 1 fully saturated rings. The number of carboxylic acids is 1. The molecule has 5 nitrogen and oxygen atoms in total. The molecule has 0 unspecified atom stereocenters. The lowest BCUT2D eigenvalue weighted by Gasteiger charge is -2.09. The van der Waals surface area contributed by atoms with Crippen molar-refractivity contribution in [2.75, 3.05) is 5.32 Å². The standard InChI is InChI=1S/C16H16N2O3/c1-16(2)12(13(16)15(20)21)14(19)18-11-5-3-4-9-8-17-7-6-10(9)11/h3-8,12-13H,1-2H3,(H,18,19)(H,20,21)/t12-,13+/m1/s1. The molecule has 3 rings (SSSR count). The van der Waals surface area contributed by atoms with Crippen LogP contribution >= 0.6 is 0 Å². The maximum Gasteiger partial charge on any atom is 0.307 e. The highest BCUT2D eigenvalue weighted by Crippen LogP contribution is 2.58. The van der Waals surface area contributed by atoms with Gasteiger partial charge >= 0.3 is 5.97 Å². The summed E-state index contributed by atoms with van der Waals surface area (Å²) in [5, 5.41) is 13.8. The molecule has 1 heterocycles. The Morgan fingerprint density at radius 2 is 2.00 bits per heavy atom. The van der Waals surface area contributed by atoms with E-state index in [1.54, 1.807) is 12.4 Å². The zero-order chi connectivity index (χ0) is 15.2. The van der Waals surface area contributed by atoms with E-state index in [0.717, 1.165) is 10.8 Å². The predicted octanol–water partition coefficient (Wildman–Crippen LogP) is 2.53. The van der Waals surface area contributed by atoms with Crippen LogP contribution in [-0.4, -0.2) is 22.0 Å². The summed E-state index contributed by atoms with van der Waals surface area (Å²) in [6.45, 7) is 3.62. The van der Waals surface area contributed by atoms with E-state index >= 15 is 0 Å². The number of rotatable bonds is 3. The van der Waals surface area contributed by atoms with Crippen LogP contribution in [0.3, 0.4) is 0 Å². The molecular weight excluding hydrogens is 268 g/mol. The van der Waals surface area contributed by atoms with Crippen molar-refractivity contribution in [3.05, 3.63) is 36.7 Å². The molecule has 2 N–H and O–H groups in total. The number of carboxylic acid groups (broad SMARTS) is 1. The lowest BCUT2D eigenvalue weighted by atomic mass is 10.1. The topological polar surface area (TPSA) is 79.3 Å². The summed E-state index contributed by atoms with van der Waals surface area (Å²) in [5.41, 5.74) is 0.189. The number of nitrogens with zero attached hydrogens (tertiary/aromatic N) is 1. The summed E-state index contributed by atoms with van der Waals surface area (Å²) in [4.78, 5) is 27.6. The van der Waals surface area contributed by atoms with Crippen molar-refractivity contribution < 1.29 is 14.7 Å². The highest BCUT2D eigenvalue weighted by Gasteiger charge is 2.65. The summed E-state index contributed by atoms with van der Waals surface area (Å²) >= 11 is 0. The Morgan fingerprint density at radius 1 is 1.24 bits per heavy atom. The van der Waals surface area contributed by atoms with Gasteiger partial charge in [0.1, 0.15) is 0 Å². The average molecular weight is 284 g/mol. The molecule has 1 aliphatic carbocycles. The molecule has 0 radical (unpaired) electrons. The number of anilines is 1. The first kappa shape index (κ1) is 13.5. The van der Waals surface area contributed by atoms with Crippen molar-refractivity contribution >= 4 is 28.3 Å². The SMILES string of the molecule is CC1(C)[C@H](C(=O)O)[C@@H]1C(=O)Nc1cccc2cnccc12. The Labute approximate surface area is 122 Å². The zero-order valence-electron chi connectivity index (χ0n) is 11.8. The van der Waals surface area contributed by atoms with E-state index in [-0.39, 0.29) is 5.91 Å². The molecule has 1 amide bonds. The van der Waals surface area contributed by atoms with Gasteiger partial charge in [0.15, 0.2) is 0 Å². The third kappa shape index (κ3) is 2.14. The van der Waals surface area contributed by atoms with E-state index in [1.165, 1.54) is 0 Å². The molecule has 0 spiro atoms. The maximum absolute atomic E-state index is 12.4. The Bertz CT molecular complexity index is 734. The Hall–Kier alpha value is -2.43. The highest BCUT2D eigenvalue weighted by molar-refractivity contribution is 6.05. The number of carbonyl (C=O) groups excluding carboxylic acids is 1. The minimum Gasteiger partial charge on any atom is -0.481 e. The molecule has 0 saturated heterocycles. The fraction of sp³-hybridized carbons (Fsp3) is 0.312. The van der Waals surface area contributed by atoms with Gasteiger partial charge in [0.05, 0.1) is 11.8 Å². The van der Waals surface area contributed by atoms with Crippen LogP contribution in [0.5, 0.6) is 0 Å². The van der Waals surface area contributed by atoms with Gasteiger partial charge in [0.25, 0.3) is 0 Å². The summed E-state index contributed by atoms with van der Waals surface area (Å²) in [5.74, 6) is -2.26. The Morgan fingerprint density at radius 3 is 2.67 bits per heavy atom. The van der Waals surface area contributed by atoms with E-state index in [0.29, 0.717) is 5.69 Å². The second-order valence-electron chi connectivity index (χ2n) is 6.01. The minimum absolute atomic E-state index is 0.239. The third-order valence-corrected chi connectivity index (χ3v) is 4.31. The quantitative estimate of drug-likeness (QED) is 0.907. The molecular formula is C16H16N2O3. The first-order valence-electron chi connectivity index (χ1n) is 6.79. The number of aliphatic carboxylic acids is 1. The second-order valence-corrected chi connectivity index (χ2v) is 6.01. The smallest absolute Gasteiger partial charge is 0.307 e. The number of hydrogen-bond donors (Lipinski definition) is 2. The number of fused-ring (bicyclic) bond motifs is 1. The Balaban J connectivity index is 1.87. The lowest BCUT2D eigenvalue weighted by Crippen LogP contribution is -2.17. The van der Waals surface area contributed by atoms with Crippen molar-refractivity contribution in [1.29, 1.82) is 0 Å². The number of amides is 1. The van der Waals surface area contributed by atoms with Crippen LogP contribution in [-0.2, 0) is 9.59 Å². The molecule has 21 heavy (non-hydrogen) atoms. The van der Waals surface area contributed by atoms with E-state index in [2.05, 4.69) is 10.3 Å². The van der Waals surface area contributed by atoms with Crippen LogP contribution in [0.4, 0.5) is 5.69 Å². The fourth-order valence-electron chi connectivity index (χ4n) is 3.03. The first-order valence-corrected chi connectivity index (χ1v) is 6.79. The van der Waals surface area contributed by atoms with Gasteiger partial charge < -0.3 is 10.4 Å². The molecule has 1 aromatic heterocycles. The first-order chi connectivity index (χ1) is 9.93. The normalized spacial score (nSPS) is 22.8. The zero-order valence-corrected chi connectivity index (χ0v) is 11.8. The van der Waals surface area contributed by atoms with Gasteiger partial charge in [0, 0.05) is 28.9 Å². The summed E-state index contributed by atoms with van der Waals surface area (Å²) in [6, 6.07) is 7.40. The minimum atomic E-state index is -0.915. The van der Waals surface area contributed by atoms with Gasteiger partial charge in [-0.3, -0.25) is 14.6 Å². The summed E-state index contributed by atoms with van der Waals surface area (Å²) in [7, 11) is 0. The number of nitrogens with one attached hydrogen (secondary N) is 1. The van der Waals surface area contributed by atoms with Gasteiger partial charge in [0.2, 0.25) is 5.91 Å². The van der Waals surface area contributed by atoms with Crippen LogP contribution in [0.15, 0.2) is 36.7 Å². The monoisotopic (exact) mass is 284 g/mol. The van der Waals surface area contributed by atoms with Gasteiger partial charge in [-0.05, 0) is 17.5 Å². The van der Waals surface area contributed by atoms with Crippen LogP contribution < -0.4 is 5.32 Å².